The average Bonchev–Trinajstić information content (AvgIpc) is 3.41. The van der Waals surface area contributed by atoms with Gasteiger partial charge in [0.2, 0.25) is 0 Å². The highest BCUT2D eigenvalue weighted by atomic mass is 35.5. The van der Waals surface area contributed by atoms with Crippen LogP contribution in [0.1, 0.15) is 46.3 Å². The standard InChI is InChI=1S/C27H34ClN3O/c1-4-5-9-21-17-23(18-22-12-14-29(3)27(21)22)25(32)11-7-13-30-15-16-31(19-30)24-10-6-8-20(2)26(24)28/h4,6,8,10,17-18H,1,5,7,9,11-16,19H2,2-3H3. The Balaban J connectivity index is 1.34. The molecule has 2 aromatic carbocycles. The van der Waals surface area contributed by atoms with Gasteiger partial charge in [0.15, 0.2) is 5.78 Å². The second-order valence-electron chi connectivity index (χ2n) is 9.10. The summed E-state index contributed by atoms with van der Waals surface area (Å²) >= 11 is 6.52. The van der Waals surface area contributed by atoms with Crippen molar-refractivity contribution in [2.75, 3.05) is 49.7 Å². The Labute approximate surface area is 197 Å². The largest absolute Gasteiger partial charge is 0.374 e. The van der Waals surface area contributed by atoms with Crippen molar-refractivity contribution in [2.45, 2.75) is 39.0 Å². The van der Waals surface area contributed by atoms with Crippen molar-refractivity contribution in [2.24, 2.45) is 0 Å². The zero-order valence-corrected chi connectivity index (χ0v) is 20.1. The number of likely N-dealkylation sites (N-methyl/N-ethyl adjacent to an activating group) is 1. The smallest absolute Gasteiger partial charge is 0.162 e. The fourth-order valence-corrected chi connectivity index (χ4v) is 5.20. The van der Waals surface area contributed by atoms with E-state index in [9.17, 15) is 4.79 Å². The minimum Gasteiger partial charge on any atom is -0.374 e. The van der Waals surface area contributed by atoms with E-state index in [1.165, 1.54) is 16.8 Å². The summed E-state index contributed by atoms with van der Waals surface area (Å²) in [5.41, 5.74) is 7.04. The summed E-state index contributed by atoms with van der Waals surface area (Å²) in [6.45, 7) is 10.7. The number of carbonyl (C=O) groups is 1. The number of rotatable bonds is 9. The maximum absolute atomic E-state index is 13.0. The molecule has 0 radical (unpaired) electrons. The van der Waals surface area contributed by atoms with Gasteiger partial charge < -0.3 is 9.80 Å². The van der Waals surface area contributed by atoms with Crippen LogP contribution in [0.2, 0.25) is 5.02 Å². The zero-order chi connectivity index (χ0) is 22.7. The first kappa shape index (κ1) is 22.9. The third kappa shape index (κ3) is 4.87. The number of nitrogens with zero attached hydrogens (tertiary/aromatic N) is 3. The molecule has 1 fully saturated rings. The molecule has 2 aliphatic heterocycles. The number of halogens is 1. The molecule has 4 nitrogen and oxygen atoms in total. The van der Waals surface area contributed by atoms with Gasteiger partial charge in [-0.3, -0.25) is 9.69 Å². The third-order valence-corrected chi connectivity index (χ3v) is 7.24. The Kier molecular flexibility index (Phi) is 7.22. The number of hydrogen-bond acceptors (Lipinski definition) is 4. The molecule has 2 heterocycles. The Bertz CT molecular complexity index is 1000. The maximum Gasteiger partial charge on any atom is 0.162 e. The van der Waals surface area contributed by atoms with Crippen LogP contribution < -0.4 is 9.80 Å². The van der Waals surface area contributed by atoms with Crippen LogP contribution in [0.15, 0.2) is 43.0 Å². The topological polar surface area (TPSA) is 26.8 Å². The molecule has 0 unspecified atom stereocenters. The van der Waals surface area contributed by atoms with E-state index < -0.39 is 0 Å². The molecular formula is C27H34ClN3O. The lowest BCUT2D eigenvalue weighted by Gasteiger charge is -2.21. The number of benzene rings is 2. The van der Waals surface area contributed by atoms with Crippen LogP contribution in [-0.2, 0) is 12.8 Å². The average molecular weight is 452 g/mol. The molecule has 0 saturated carbocycles. The number of ketones is 1. The summed E-state index contributed by atoms with van der Waals surface area (Å²) < 4.78 is 0. The number of aryl methyl sites for hydroxylation is 2. The van der Waals surface area contributed by atoms with Crippen LogP contribution in [-0.4, -0.2) is 50.6 Å². The summed E-state index contributed by atoms with van der Waals surface area (Å²) in [5.74, 6) is 0.264. The molecule has 0 amide bonds. The molecular weight excluding hydrogens is 418 g/mol. The zero-order valence-electron chi connectivity index (χ0n) is 19.4. The SMILES string of the molecule is C=CCCc1cc(C(=O)CCCN2CCN(c3cccc(C)c3Cl)C2)cc2c1N(C)CC2. The monoisotopic (exact) mass is 451 g/mol. The molecule has 0 aliphatic carbocycles. The van der Waals surface area contributed by atoms with E-state index in [2.05, 4.69) is 52.6 Å². The number of anilines is 2. The van der Waals surface area contributed by atoms with Gasteiger partial charge >= 0.3 is 0 Å². The lowest BCUT2D eigenvalue weighted by atomic mass is 9.96. The predicted molar refractivity (Wildman–Crippen MR) is 135 cm³/mol. The van der Waals surface area contributed by atoms with Gasteiger partial charge in [-0.05, 0) is 67.5 Å². The summed E-state index contributed by atoms with van der Waals surface area (Å²) in [6, 6.07) is 10.5. The van der Waals surface area contributed by atoms with Gasteiger partial charge in [-0.25, -0.2) is 0 Å². The highest BCUT2D eigenvalue weighted by Gasteiger charge is 2.24. The minimum absolute atomic E-state index is 0.264. The molecule has 0 spiro atoms. The van der Waals surface area contributed by atoms with Crippen molar-refractivity contribution >= 4 is 28.8 Å². The molecule has 0 N–H and O–H groups in total. The second kappa shape index (κ2) is 10.1. The van der Waals surface area contributed by atoms with Crippen LogP contribution in [0.3, 0.4) is 0 Å². The number of carbonyl (C=O) groups excluding carboxylic acids is 1. The van der Waals surface area contributed by atoms with Gasteiger partial charge in [-0.15, -0.1) is 6.58 Å². The van der Waals surface area contributed by atoms with E-state index in [4.69, 9.17) is 11.6 Å². The summed E-state index contributed by atoms with van der Waals surface area (Å²) in [5, 5.41) is 0.846. The highest BCUT2D eigenvalue weighted by molar-refractivity contribution is 6.34. The molecule has 32 heavy (non-hydrogen) atoms. The molecule has 170 valence electrons. The van der Waals surface area contributed by atoms with Crippen LogP contribution in [0, 0.1) is 6.92 Å². The Hall–Kier alpha value is -2.30. The van der Waals surface area contributed by atoms with Crippen LogP contribution in [0.4, 0.5) is 11.4 Å². The van der Waals surface area contributed by atoms with Crippen molar-refractivity contribution in [3.63, 3.8) is 0 Å². The van der Waals surface area contributed by atoms with E-state index in [0.717, 1.165) is 80.4 Å². The molecule has 0 bridgehead atoms. The van der Waals surface area contributed by atoms with Gasteiger partial charge in [-0.2, -0.15) is 0 Å². The summed E-state index contributed by atoms with van der Waals surface area (Å²) in [6.07, 6.45) is 6.35. The van der Waals surface area contributed by atoms with E-state index in [0.29, 0.717) is 6.42 Å². The lowest BCUT2D eigenvalue weighted by molar-refractivity contribution is 0.0976. The fourth-order valence-electron chi connectivity index (χ4n) is 4.96. The van der Waals surface area contributed by atoms with Gasteiger partial charge in [0.05, 0.1) is 17.4 Å². The van der Waals surface area contributed by atoms with Gasteiger partial charge in [0.25, 0.3) is 0 Å². The van der Waals surface area contributed by atoms with Crippen molar-refractivity contribution in [3.8, 4) is 0 Å². The molecule has 1 saturated heterocycles. The van der Waals surface area contributed by atoms with Crippen molar-refractivity contribution in [1.29, 1.82) is 0 Å². The third-order valence-electron chi connectivity index (χ3n) is 6.75. The Morgan fingerprint density at radius 1 is 1.22 bits per heavy atom. The molecule has 0 aromatic heterocycles. The maximum atomic E-state index is 13.0. The summed E-state index contributed by atoms with van der Waals surface area (Å²) in [4.78, 5) is 20.1. The second-order valence-corrected chi connectivity index (χ2v) is 9.48. The van der Waals surface area contributed by atoms with E-state index in [1.807, 2.05) is 19.1 Å². The number of hydrogen-bond donors (Lipinski definition) is 0. The quantitative estimate of drug-likeness (QED) is 0.371. The van der Waals surface area contributed by atoms with Crippen LogP contribution in [0.5, 0.6) is 0 Å². The predicted octanol–water partition coefficient (Wildman–Crippen LogP) is 5.50. The number of fused-ring (bicyclic) bond motifs is 1. The Morgan fingerprint density at radius 3 is 2.88 bits per heavy atom. The highest BCUT2D eigenvalue weighted by Crippen LogP contribution is 2.34. The Morgan fingerprint density at radius 2 is 2.06 bits per heavy atom. The minimum atomic E-state index is 0.264. The molecule has 2 aliphatic rings. The fraction of sp³-hybridized carbons (Fsp3) is 0.444. The normalized spacial score (nSPS) is 16.0. The van der Waals surface area contributed by atoms with Crippen LogP contribution >= 0.6 is 11.6 Å². The molecule has 5 heteroatoms. The first-order valence-corrected chi connectivity index (χ1v) is 12.1. The number of allylic oxidation sites excluding steroid dienone is 1. The van der Waals surface area contributed by atoms with E-state index in [1.54, 1.807) is 0 Å². The first-order valence-electron chi connectivity index (χ1n) is 11.7. The van der Waals surface area contributed by atoms with Crippen molar-refractivity contribution in [3.05, 3.63) is 70.3 Å². The number of Topliss-reactive ketones (excluding diaryl/α,β-unsaturated/α-hetero) is 1. The van der Waals surface area contributed by atoms with Gasteiger partial charge in [0.1, 0.15) is 0 Å². The lowest BCUT2D eigenvalue weighted by Crippen LogP contribution is -2.26. The molecule has 4 rings (SSSR count). The van der Waals surface area contributed by atoms with Gasteiger partial charge in [0, 0.05) is 50.9 Å². The first-order chi connectivity index (χ1) is 15.5. The van der Waals surface area contributed by atoms with E-state index in [-0.39, 0.29) is 5.78 Å². The van der Waals surface area contributed by atoms with Crippen molar-refractivity contribution < 1.29 is 4.79 Å². The molecule has 0 atom stereocenters. The molecule has 2 aromatic rings. The van der Waals surface area contributed by atoms with E-state index >= 15 is 0 Å². The van der Waals surface area contributed by atoms with Crippen LogP contribution in [0.25, 0.3) is 0 Å². The summed E-state index contributed by atoms with van der Waals surface area (Å²) in [7, 11) is 2.15. The van der Waals surface area contributed by atoms with Crippen molar-refractivity contribution in [1.82, 2.24) is 4.90 Å². The van der Waals surface area contributed by atoms with Gasteiger partial charge in [-0.1, -0.05) is 29.8 Å².